The van der Waals surface area contributed by atoms with Gasteiger partial charge >= 0.3 is 0 Å². The lowest BCUT2D eigenvalue weighted by molar-refractivity contribution is -0.120. The second-order valence-electron chi connectivity index (χ2n) is 4.96. The van der Waals surface area contributed by atoms with Crippen LogP contribution in [-0.2, 0) is 17.8 Å². The van der Waals surface area contributed by atoms with Crippen molar-refractivity contribution in [3.8, 4) is 0 Å². The molecule has 20 heavy (non-hydrogen) atoms. The van der Waals surface area contributed by atoms with E-state index in [2.05, 4.69) is 14.9 Å². The van der Waals surface area contributed by atoms with Crippen molar-refractivity contribution in [3.05, 3.63) is 41.4 Å². The van der Waals surface area contributed by atoms with Gasteiger partial charge in [0.15, 0.2) is 0 Å². The highest BCUT2D eigenvalue weighted by Gasteiger charge is 2.25. The first-order valence-corrected chi connectivity index (χ1v) is 6.87. The summed E-state index contributed by atoms with van der Waals surface area (Å²) in [7, 11) is 0. The van der Waals surface area contributed by atoms with E-state index in [1.54, 1.807) is 24.4 Å². The monoisotopic (exact) mass is 290 g/mol. The van der Waals surface area contributed by atoms with Crippen molar-refractivity contribution >= 4 is 28.9 Å². The standard InChI is InChI=1S/C14H15ClN4O/c15-11-8-10(16)1-2-12(11)18-14(20)9-3-5-19-6-4-17-13(19)7-9/h1-2,4,6,8-9H,3,5,7,16H2,(H,18,20). The molecule has 1 aliphatic rings. The Balaban J connectivity index is 1.71. The number of nitrogens with zero attached hydrogens (tertiary/aromatic N) is 2. The number of amides is 1. The number of nitrogen functional groups attached to an aromatic ring is 1. The molecule has 6 heteroatoms. The predicted octanol–water partition coefficient (Wildman–Crippen LogP) is 2.32. The molecule has 5 nitrogen and oxygen atoms in total. The summed E-state index contributed by atoms with van der Waals surface area (Å²) in [5.74, 6) is 0.865. The number of halogens is 1. The molecule has 0 spiro atoms. The Morgan fingerprint density at radius 2 is 2.35 bits per heavy atom. The third-order valence-electron chi connectivity index (χ3n) is 3.57. The third-order valence-corrected chi connectivity index (χ3v) is 3.88. The SMILES string of the molecule is Nc1ccc(NC(=O)C2CCn3ccnc3C2)c(Cl)c1. The van der Waals surface area contributed by atoms with Gasteiger partial charge in [-0.25, -0.2) is 4.98 Å². The number of imidazole rings is 1. The van der Waals surface area contributed by atoms with Gasteiger partial charge in [0.2, 0.25) is 5.91 Å². The molecule has 3 N–H and O–H groups in total. The first-order chi connectivity index (χ1) is 9.63. The van der Waals surface area contributed by atoms with Gasteiger partial charge in [-0.2, -0.15) is 0 Å². The van der Waals surface area contributed by atoms with Crippen LogP contribution in [0.25, 0.3) is 0 Å². The van der Waals surface area contributed by atoms with E-state index in [0.717, 1.165) is 18.8 Å². The van der Waals surface area contributed by atoms with Crippen molar-refractivity contribution in [2.45, 2.75) is 19.4 Å². The Kier molecular flexibility index (Phi) is 3.36. The highest BCUT2D eigenvalue weighted by Crippen LogP contribution is 2.26. The molecule has 0 bridgehead atoms. The first kappa shape index (κ1) is 13.0. The maximum atomic E-state index is 12.3. The van der Waals surface area contributed by atoms with Crippen LogP contribution in [0.15, 0.2) is 30.6 Å². The van der Waals surface area contributed by atoms with E-state index in [4.69, 9.17) is 17.3 Å². The molecular weight excluding hydrogens is 276 g/mol. The summed E-state index contributed by atoms with van der Waals surface area (Å²) >= 11 is 6.06. The van der Waals surface area contributed by atoms with Gasteiger partial charge in [0.05, 0.1) is 10.7 Å². The number of nitrogens with one attached hydrogen (secondary N) is 1. The molecule has 1 unspecified atom stereocenters. The minimum atomic E-state index is -0.0708. The summed E-state index contributed by atoms with van der Waals surface area (Å²) in [5, 5.41) is 3.32. The summed E-state index contributed by atoms with van der Waals surface area (Å²) in [6, 6.07) is 5.07. The average Bonchev–Trinajstić information content (AvgIpc) is 2.89. The largest absolute Gasteiger partial charge is 0.399 e. The lowest BCUT2D eigenvalue weighted by atomic mass is 9.97. The van der Waals surface area contributed by atoms with Gasteiger partial charge in [-0.15, -0.1) is 0 Å². The Hall–Kier alpha value is -2.01. The number of hydrogen-bond acceptors (Lipinski definition) is 3. The molecule has 0 saturated heterocycles. The minimum Gasteiger partial charge on any atom is -0.399 e. The van der Waals surface area contributed by atoms with Crippen LogP contribution in [0.1, 0.15) is 12.2 Å². The van der Waals surface area contributed by atoms with Crippen molar-refractivity contribution in [1.82, 2.24) is 9.55 Å². The van der Waals surface area contributed by atoms with E-state index in [-0.39, 0.29) is 11.8 Å². The quantitative estimate of drug-likeness (QED) is 0.834. The molecule has 1 atom stereocenters. The average molecular weight is 291 g/mol. The van der Waals surface area contributed by atoms with Gasteiger partial charge in [-0.05, 0) is 24.6 Å². The van der Waals surface area contributed by atoms with Crippen LogP contribution in [0.2, 0.25) is 5.02 Å². The highest BCUT2D eigenvalue weighted by molar-refractivity contribution is 6.34. The van der Waals surface area contributed by atoms with Gasteiger partial charge in [0.1, 0.15) is 5.82 Å². The summed E-state index contributed by atoms with van der Waals surface area (Å²) in [6.07, 6.45) is 5.18. The number of carbonyl (C=O) groups excluding carboxylic acids is 1. The van der Waals surface area contributed by atoms with E-state index in [0.29, 0.717) is 22.8 Å². The zero-order valence-electron chi connectivity index (χ0n) is 10.8. The molecule has 1 amide bonds. The number of anilines is 2. The second-order valence-corrected chi connectivity index (χ2v) is 5.36. The normalized spacial score (nSPS) is 17.6. The van der Waals surface area contributed by atoms with Crippen molar-refractivity contribution in [2.75, 3.05) is 11.1 Å². The molecule has 2 heterocycles. The predicted molar refractivity (Wildman–Crippen MR) is 78.5 cm³/mol. The Morgan fingerprint density at radius 1 is 1.50 bits per heavy atom. The fourth-order valence-corrected chi connectivity index (χ4v) is 2.68. The van der Waals surface area contributed by atoms with E-state index in [1.807, 2.05) is 6.20 Å². The number of fused-ring (bicyclic) bond motifs is 1. The number of nitrogens with two attached hydrogens (primary N) is 1. The maximum Gasteiger partial charge on any atom is 0.228 e. The fraction of sp³-hybridized carbons (Fsp3) is 0.286. The van der Waals surface area contributed by atoms with Crippen LogP contribution in [0, 0.1) is 5.92 Å². The summed E-state index contributed by atoms with van der Waals surface area (Å²) < 4.78 is 2.08. The Labute approximate surface area is 121 Å². The molecule has 2 aromatic rings. The number of aromatic nitrogens is 2. The molecule has 1 aliphatic heterocycles. The minimum absolute atomic E-state index is 0.0223. The van der Waals surface area contributed by atoms with Crippen molar-refractivity contribution in [1.29, 1.82) is 0 Å². The third kappa shape index (κ3) is 2.49. The topological polar surface area (TPSA) is 72.9 Å². The highest BCUT2D eigenvalue weighted by atomic mass is 35.5. The molecule has 3 rings (SSSR count). The van der Waals surface area contributed by atoms with E-state index in [1.165, 1.54) is 0 Å². The zero-order chi connectivity index (χ0) is 14.1. The number of carbonyl (C=O) groups is 1. The molecule has 0 radical (unpaired) electrons. The van der Waals surface area contributed by atoms with E-state index < -0.39 is 0 Å². The summed E-state index contributed by atoms with van der Waals surface area (Å²) in [6.45, 7) is 0.822. The van der Waals surface area contributed by atoms with E-state index >= 15 is 0 Å². The first-order valence-electron chi connectivity index (χ1n) is 6.49. The Bertz CT molecular complexity index is 652. The van der Waals surface area contributed by atoms with Crippen LogP contribution in [0.4, 0.5) is 11.4 Å². The molecule has 104 valence electrons. The lowest BCUT2D eigenvalue weighted by Crippen LogP contribution is -2.30. The number of benzene rings is 1. The molecular formula is C14H15ClN4O. The van der Waals surface area contributed by atoms with E-state index in [9.17, 15) is 4.79 Å². The van der Waals surface area contributed by atoms with Crippen molar-refractivity contribution in [2.24, 2.45) is 5.92 Å². The maximum absolute atomic E-state index is 12.3. The summed E-state index contributed by atoms with van der Waals surface area (Å²) in [5.41, 5.74) is 6.81. The smallest absolute Gasteiger partial charge is 0.228 e. The van der Waals surface area contributed by atoms with Crippen LogP contribution in [0.5, 0.6) is 0 Å². The molecule has 0 aliphatic carbocycles. The number of hydrogen-bond donors (Lipinski definition) is 2. The lowest BCUT2D eigenvalue weighted by Gasteiger charge is -2.22. The Morgan fingerprint density at radius 3 is 3.15 bits per heavy atom. The van der Waals surface area contributed by atoms with Crippen LogP contribution < -0.4 is 11.1 Å². The second kappa shape index (κ2) is 5.17. The van der Waals surface area contributed by atoms with Gasteiger partial charge in [0, 0.05) is 37.0 Å². The number of aryl methyl sites for hydroxylation is 1. The van der Waals surface area contributed by atoms with Crippen LogP contribution in [-0.4, -0.2) is 15.5 Å². The molecule has 1 aromatic heterocycles. The van der Waals surface area contributed by atoms with Crippen LogP contribution in [0.3, 0.4) is 0 Å². The van der Waals surface area contributed by atoms with Crippen molar-refractivity contribution < 1.29 is 4.79 Å². The van der Waals surface area contributed by atoms with Gasteiger partial charge < -0.3 is 15.6 Å². The van der Waals surface area contributed by atoms with Gasteiger partial charge in [-0.3, -0.25) is 4.79 Å². The van der Waals surface area contributed by atoms with Crippen LogP contribution >= 0.6 is 11.6 Å². The van der Waals surface area contributed by atoms with Gasteiger partial charge in [0.25, 0.3) is 0 Å². The molecule has 1 aromatic carbocycles. The zero-order valence-corrected chi connectivity index (χ0v) is 11.6. The number of rotatable bonds is 2. The van der Waals surface area contributed by atoms with Gasteiger partial charge in [-0.1, -0.05) is 11.6 Å². The summed E-state index contributed by atoms with van der Waals surface area (Å²) in [4.78, 5) is 16.6. The fourth-order valence-electron chi connectivity index (χ4n) is 2.44. The molecule has 0 fully saturated rings. The van der Waals surface area contributed by atoms with Crippen molar-refractivity contribution in [3.63, 3.8) is 0 Å². The molecule has 0 saturated carbocycles.